The van der Waals surface area contributed by atoms with Gasteiger partial charge in [0.05, 0.1) is 11.9 Å². The van der Waals surface area contributed by atoms with E-state index in [-0.39, 0.29) is 11.8 Å². The van der Waals surface area contributed by atoms with Gasteiger partial charge >= 0.3 is 0 Å². The van der Waals surface area contributed by atoms with Crippen LogP contribution in [-0.2, 0) is 9.84 Å². The Hall–Kier alpha value is -0.910. The summed E-state index contributed by atoms with van der Waals surface area (Å²) in [6.45, 7) is 6.40. The van der Waals surface area contributed by atoms with Crippen LogP contribution in [0.5, 0.6) is 0 Å². The van der Waals surface area contributed by atoms with Crippen LogP contribution in [0.1, 0.15) is 43.9 Å². The van der Waals surface area contributed by atoms with Crippen molar-refractivity contribution in [2.75, 3.05) is 18.6 Å². The molecule has 1 aromatic carbocycles. The predicted molar refractivity (Wildman–Crippen MR) is 82.7 cm³/mol. The molecule has 4 nitrogen and oxygen atoms in total. The van der Waals surface area contributed by atoms with E-state index in [0.717, 1.165) is 5.56 Å². The minimum atomic E-state index is -3.00. The molecular weight excluding hydrogens is 274 g/mol. The largest absolute Gasteiger partial charge is 0.387 e. The molecule has 0 saturated heterocycles. The first-order valence-corrected chi connectivity index (χ1v) is 8.94. The first-order chi connectivity index (χ1) is 9.19. The lowest BCUT2D eigenvalue weighted by molar-refractivity contribution is 0.171. The van der Waals surface area contributed by atoms with Gasteiger partial charge < -0.3 is 10.4 Å². The van der Waals surface area contributed by atoms with E-state index in [9.17, 15) is 13.5 Å². The molecule has 0 saturated carbocycles. The third-order valence-corrected chi connectivity index (χ3v) is 4.31. The smallest absolute Gasteiger partial charge is 0.148 e. The molecule has 20 heavy (non-hydrogen) atoms. The van der Waals surface area contributed by atoms with Gasteiger partial charge in [-0.05, 0) is 24.0 Å². The molecule has 0 amide bonds. The van der Waals surface area contributed by atoms with Gasteiger partial charge in [0.2, 0.25) is 0 Å². The average Bonchev–Trinajstić information content (AvgIpc) is 2.34. The van der Waals surface area contributed by atoms with Crippen LogP contribution in [0.4, 0.5) is 0 Å². The van der Waals surface area contributed by atoms with Crippen molar-refractivity contribution in [3.8, 4) is 0 Å². The number of aliphatic hydroxyl groups excluding tert-OH is 1. The fourth-order valence-electron chi connectivity index (χ4n) is 2.05. The second kappa shape index (κ2) is 7.20. The fourth-order valence-corrected chi connectivity index (χ4v) is 3.07. The van der Waals surface area contributed by atoms with Crippen molar-refractivity contribution < 1.29 is 13.5 Å². The topological polar surface area (TPSA) is 66.4 Å². The fraction of sp³-hybridized carbons (Fsp3) is 0.600. The van der Waals surface area contributed by atoms with Gasteiger partial charge in [-0.1, -0.05) is 38.1 Å². The van der Waals surface area contributed by atoms with Gasteiger partial charge in [-0.2, -0.15) is 0 Å². The molecule has 0 spiro atoms. The van der Waals surface area contributed by atoms with Crippen LogP contribution >= 0.6 is 0 Å². The number of sulfone groups is 1. The molecule has 2 N–H and O–H groups in total. The maximum Gasteiger partial charge on any atom is 0.148 e. The van der Waals surface area contributed by atoms with Gasteiger partial charge in [-0.3, -0.25) is 0 Å². The van der Waals surface area contributed by atoms with Crippen molar-refractivity contribution in [2.24, 2.45) is 0 Å². The first-order valence-electron chi connectivity index (χ1n) is 6.88. The summed E-state index contributed by atoms with van der Waals surface area (Å²) in [4.78, 5) is 0. The van der Waals surface area contributed by atoms with Crippen LogP contribution < -0.4 is 5.32 Å². The Labute approximate surface area is 122 Å². The van der Waals surface area contributed by atoms with Crippen LogP contribution in [0.3, 0.4) is 0 Å². The van der Waals surface area contributed by atoms with E-state index in [0.29, 0.717) is 12.5 Å². The van der Waals surface area contributed by atoms with Crippen LogP contribution in [0.25, 0.3) is 0 Å². The molecule has 2 unspecified atom stereocenters. The summed E-state index contributed by atoms with van der Waals surface area (Å²) >= 11 is 0. The minimum absolute atomic E-state index is 0.0754. The maximum absolute atomic E-state index is 11.2. The third-order valence-electron chi connectivity index (χ3n) is 3.20. The van der Waals surface area contributed by atoms with Crippen molar-refractivity contribution in [3.63, 3.8) is 0 Å². The zero-order valence-corrected chi connectivity index (χ0v) is 13.4. The first kappa shape index (κ1) is 17.1. The van der Waals surface area contributed by atoms with Gasteiger partial charge in [-0.15, -0.1) is 0 Å². The monoisotopic (exact) mass is 299 g/mol. The lowest BCUT2D eigenvalue weighted by Crippen LogP contribution is -2.35. The Morgan fingerprint density at radius 2 is 1.60 bits per heavy atom. The summed E-state index contributed by atoms with van der Waals surface area (Å²) in [5, 5.41) is 13.1. The van der Waals surface area contributed by atoms with Crippen LogP contribution in [0, 0.1) is 0 Å². The van der Waals surface area contributed by atoms with Crippen molar-refractivity contribution in [1.82, 2.24) is 5.32 Å². The molecule has 0 aromatic heterocycles. The van der Waals surface area contributed by atoms with Gasteiger partial charge in [0, 0.05) is 18.8 Å². The van der Waals surface area contributed by atoms with E-state index in [1.165, 1.54) is 11.8 Å². The summed E-state index contributed by atoms with van der Waals surface area (Å²) in [7, 11) is -3.00. The number of aliphatic hydroxyl groups is 1. The second-order valence-electron chi connectivity index (χ2n) is 5.74. The van der Waals surface area contributed by atoms with Crippen molar-refractivity contribution in [3.05, 3.63) is 35.4 Å². The van der Waals surface area contributed by atoms with Crippen LogP contribution in [0.15, 0.2) is 24.3 Å². The standard InChI is InChI=1S/C15H25NO3S/c1-11(2)13-5-7-14(8-6-13)15(17)9-16-12(3)10-20(4,18)19/h5-8,11-12,15-17H,9-10H2,1-4H3. The average molecular weight is 299 g/mol. The van der Waals surface area contributed by atoms with Crippen LogP contribution in [-0.4, -0.2) is 38.1 Å². The Morgan fingerprint density at radius 1 is 1.10 bits per heavy atom. The van der Waals surface area contributed by atoms with E-state index in [4.69, 9.17) is 0 Å². The van der Waals surface area contributed by atoms with Crippen LogP contribution in [0.2, 0.25) is 0 Å². The van der Waals surface area contributed by atoms with E-state index >= 15 is 0 Å². The SMILES string of the molecule is CC(CS(C)(=O)=O)NCC(O)c1ccc(C(C)C)cc1. The molecule has 114 valence electrons. The number of benzene rings is 1. The number of nitrogens with one attached hydrogen (secondary N) is 1. The van der Waals surface area contributed by atoms with Gasteiger partial charge in [-0.25, -0.2) is 8.42 Å². The molecule has 0 aliphatic rings. The van der Waals surface area contributed by atoms with E-state index < -0.39 is 15.9 Å². The van der Waals surface area contributed by atoms with E-state index in [2.05, 4.69) is 19.2 Å². The number of rotatable bonds is 7. The normalized spacial score (nSPS) is 15.3. The molecule has 2 atom stereocenters. The summed E-state index contributed by atoms with van der Waals surface area (Å²) in [6, 6.07) is 7.70. The molecule has 0 aliphatic heterocycles. The van der Waals surface area contributed by atoms with E-state index in [1.54, 1.807) is 6.92 Å². The highest BCUT2D eigenvalue weighted by Gasteiger charge is 2.13. The Balaban J connectivity index is 2.52. The summed E-state index contributed by atoms with van der Waals surface area (Å²) in [6.07, 6.45) is 0.588. The summed E-state index contributed by atoms with van der Waals surface area (Å²) in [5.74, 6) is 0.542. The quantitative estimate of drug-likeness (QED) is 0.806. The van der Waals surface area contributed by atoms with Crippen molar-refractivity contribution in [2.45, 2.75) is 38.8 Å². The highest BCUT2D eigenvalue weighted by atomic mass is 32.2. The van der Waals surface area contributed by atoms with Crippen molar-refractivity contribution in [1.29, 1.82) is 0 Å². The van der Waals surface area contributed by atoms with E-state index in [1.807, 2.05) is 24.3 Å². The van der Waals surface area contributed by atoms with Crippen molar-refractivity contribution >= 4 is 9.84 Å². The molecule has 1 aromatic rings. The summed E-state index contributed by atoms with van der Waals surface area (Å²) < 4.78 is 22.3. The highest BCUT2D eigenvalue weighted by Crippen LogP contribution is 2.18. The molecule has 0 bridgehead atoms. The second-order valence-corrected chi connectivity index (χ2v) is 7.92. The number of hydrogen-bond donors (Lipinski definition) is 2. The molecular formula is C15H25NO3S. The van der Waals surface area contributed by atoms with Gasteiger partial charge in [0.15, 0.2) is 0 Å². The Bertz CT molecular complexity index is 508. The molecule has 0 heterocycles. The zero-order chi connectivity index (χ0) is 15.3. The Kier molecular flexibility index (Phi) is 6.17. The minimum Gasteiger partial charge on any atom is -0.387 e. The summed E-state index contributed by atoms with van der Waals surface area (Å²) in [5.41, 5.74) is 2.08. The zero-order valence-electron chi connectivity index (χ0n) is 12.6. The van der Waals surface area contributed by atoms with Gasteiger partial charge in [0.1, 0.15) is 9.84 Å². The molecule has 5 heteroatoms. The van der Waals surface area contributed by atoms with Gasteiger partial charge in [0.25, 0.3) is 0 Å². The molecule has 0 radical (unpaired) electrons. The highest BCUT2D eigenvalue weighted by molar-refractivity contribution is 7.90. The maximum atomic E-state index is 11.2. The lowest BCUT2D eigenvalue weighted by atomic mass is 10.00. The molecule has 0 aliphatic carbocycles. The molecule has 0 fully saturated rings. The predicted octanol–water partition coefficient (Wildman–Crippen LogP) is 1.87. The Morgan fingerprint density at radius 3 is 2.05 bits per heavy atom. The third kappa shape index (κ3) is 6.03. The molecule has 1 rings (SSSR count). The number of hydrogen-bond acceptors (Lipinski definition) is 4. The lowest BCUT2D eigenvalue weighted by Gasteiger charge is -2.17.